The van der Waals surface area contributed by atoms with Crippen LogP contribution in [0.25, 0.3) is 0 Å². The van der Waals surface area contributed by atoms with Gasteiger partial charge >= 0.3 is 0 Å². The first kappa shape index (κ1) is 14.8. The fourth-order valence-electron chi connectivity index (χ4n) is 1.97. The summed E-state index contributed by atoms with van der Waals surface area (Å²) in [5, 5.41) is 22.3. The van der Waals surface area contributed by atoms with Crippen molar-refractivity contribution < 1.29 is 9.72 Å². The first-order valence-electron chi connectivity index (χ1n) is 6.05. The third-order valence-corrected chi connectivity index (χ3v) is 4.07. The fourth-order valence-corrected chi connectivity index (χ4v) is 2.81. The molecule has 1 heterocycles. The smallest absolute Gasteiger partial charge is 0.273 e. The van der Waals surface area contributed by atoms with Crippen LogP contribution in [0, 0.1) is 35.3 Å². The SMILES string of the molecule is Cc1csc(C(C#N)C(=O)c2cccc([N+](=O)[O-])c2C)n1. The summed E-state index contributed by atoms with van der Waals surface area (Å²) < 4.78 is 0. The van der Waals surface area contributed by atoms with Gasteiger partial charge in [-0.05, 0) is 13.8 Å². The molecule has 0 N–H and O–H groups in total. The molecule has 0 aliphatic carbocycles. The molecular formula is C14H11N3O3S. The van der Waals surface area contributed by atoms with E-state index in [9.17, 15) is 20.2 Å². The summed E-state index contributed by atoms with van der Waals surface area (Å²) in [6.07, 6.45) is 0. The van der Waals surface area contributed by atoms with E-state index < -0.39 is 16.6 Å². The molecule has 0 saturated heterocycles. The third-order valence-electron chi connectivity index (χ3n) is 3.04. The standard InChI is InChI=1S/C14H11N3O3S/c1-8-7-21-14(16-8)11(6-15)13(18)10-4-3-5-12(9(10)2)17(19)20/h3-5,7,11H,1-2H3. The van der Waals surface area contributed by atoms with Crippen LogP contribution < -0.4 is 0 Å². The van der Waals surface area contributed by atoms with E-state index in [0.717, 1.165) is 5.69 Å². The van der Waals surface area contributed by atoms with Gasteiger partial charge in [-0.1, -0.05) is 12.1 Å². The van der Waals surface area contributed by atoms with Crippen molar-refractivity contribution in [2.24, 2.45) is 0 Å². The predicted octanol–water partition coefficient (Wildman–Crippen LogP) is 3.16. The van der Waals surface area contributed by atoms with Crippen LogP contribution in [0.3, 0.4) is 0 Å². The lowest BCUT2D eigenvalue weighted by atomic mass is 9.95. The van der Waals surface area contributed by atoms with Gasteiger partial charge in [-0.2, -0.15) is 5.26 Å². The van der Waals surface area contributed by atoms with E-state index in [0.29, 0.717) is 5.01 Å². The van der Waals surface area contributed by atoms with Gasteiger partial charge in [0.15, 0.2) is 11.7 Å². The van der Waals surface area contributed by atoms with E-state index in [1.165, 1.54) is 36.5 Å². The Balaban J connectivity index is 2.46. The summed E-state index contributed by atoms with van der Waals surface area (Å²) in [5.74, 6) is -1.50. The summed E-state index contributed by atoms with van der Waals surface area (Å²) in [4.78, 5) is 27.0. The number of hydrogen-bond donors (Lipinski definition) is 0. The summed E-state index contributed by atoms with van der Waals surface area (Å²) >= 11 is 1.23. The van der Waals surface area contributed by atoms with Crippen LogP contribution in [0.2, 0.25) is 0 Å². The minimum atomic E-state index is -1.04. The molecule has 106 valence electrons. The lowest BCUT2D eigenvalue weighted by Crippen LogP contribution is -2.13. The molecule has 0 spiro atoms. The Bertz CT molecular complexity index is 761. The topological polar surface area (TPSA) is 96.9 Å². The number of nitro groups is 1. The number of carbonyl (C=O) groups is 1. The molecule has 0 radical (unpaired) electrons. The van der Waals surface area contributed by atoms with E-state index >= 15 is 0 Å². The Morgan fingerprint density at radius 2 is 2.19 bits per heavy atom. The number of nitro benzene ring substituents is 1. The molecule has 0 fully saturated rings. The van der Waals surface area contributed by atoms with Crippen LogP contribution in [0.1, 0.15) is 32.5 Å². The number of aryl methyl sites for hydroxylation is 1. The monoisotopic (exact) mass is 301 g/mol. The molecule has 0 amide bonds. The van der Waals surface area contributed by atoms with E-state index in [4.69, 9.17) is 0 Å². The minimum Gasteiger partial charge on any atom is -0.292 e. The Labute approximate surface area is 124 Å². The molecule has 1 atom stereocenters. The number of thiazole rings is 1. The predicted molar refractivity (Wildman–Crippen MR) is 77.4 cm³/mol. The van der Waals surface area contributed by atoms with Crippen LogP contribution in [0.15, 0.2) is 23.6 Å². The highest BCUT2D eigenvalue weighted by Gasteiger charge is 2.28. The second-order valence-corrected chi connectivity index (χ2v) is 5.35. The normalized spacial score (nSPS) is 11.7. The molecule has 21 heavy (non-hydrogen) atoms. The number of ketones is 1. The number of Topliss-reactive ketones (excluding diaryl/α,β-unsaturated/α-hetero) is 1. The molecule has 0 bridgehead atoms. The van der Waals surface area contributed by atoms with Crippen molar-refractivity contribution in [3.8, 4) is 6.07 Å². The fraction of sp³-hybridized carbons (Fsp3) is 0.214. The van der Waals surface area contributed by atoms with Crippen molar-refractivity contribution in [1.82, 2.24) is 4.98 Å². The largest absolute Gasteiger partial charge is 0.292 e. The highest BCUT2D eigenvalue weighted by atomic mass is 32.1. The van der Waals surface area contributed by atoms with Gasteiger partial charge in [-0.15, -0.1) is 11.3 Å². The van der Waals surface area contributed by atoms with Crippen molar-refractivity contribution in [3.63, 3.8) is 0 Å². The summed E-state index contributed by atoms with van der Waals surface area (Å²) in [6, 6.07) is 6.21. The van der Waals surface area contributed by atoms with Crippen LogP contribution in [-0.4, -0.2) is 15.7 Å². The molecule has 1 aromatic carbocycles. The van der Waals surface area contributed by atoms with Gasteiger partial charge in [0.1, 0.15) is 5.01 Å². The first-order chi connectivity index (χ1) is 9.95. The Morgan fingerprint density at radius 1 is 1.48 bits per heavy atom. The van der Waals surface area contributed by atoms with Gasteiger partial charge in [0, 0.05) is 28.3 Å². The zero-order chi connectivity index (χ0) is 15.6. The highest BCUT2D eigenvalue weighted by molar-refractivity contribution is 7.10. The molecule has 1 unspecified atom stereocenters. The van der Waals surface area contributed by atoms with E-state index in [-0.39, 0.29) is 16.8 Å². The molecule has 7 heteroatoms. The van der Waals surface area contributed by atoms with Crippen LogP contribution in [-0.2, 0) is 0 Å². The van der Waals surface area contributed by atoms with Crippen molar-refractivity contribution in [1.29, 1.82) is 5.26 Å². The Hall–Kier alpha value is -2.59. The van der Waals surface area contributed by atoms with E-state index in [1.807, 2.05) is 6.07 Å². The number of aromatic nitrogens is 1. The maximum Gasteiger partial charge on any atom is 0.273 e. The maximum absolute atomic E-state index is 12.5. The first-order valence-corrected chi connectivity index (χ1v) is 6.93. The van der Waals surface area contributed by atoms with Crippen molar-refractivity contribution in [2.75, 3.05) is 0 Å². The second kappa shape index (κ2) is 5.81. The lowest BCUT2D eigenvalue weighted by Gasteiger charge is -2.08. The zero-order valence-corrected chi connectivity index (χ0v) is 12.2. The third kappa shape index (κ3) is 2.80. The van der Waals surface area contributed by atoms with Crippen molar-refractivity contribution in [3.05, 3.63) is 55.5 Å². The number of carbonyl (C=O) groups excluding carboxylic acids is 1. The minimum absolute atomic E-state index is 0.132. The summed E-state index contributed by atoms with van der Waals surface area (Å²) in [7, 11) is 0. The Morgan fingerprint density at radius 3 is 2.71 bits per heavy atom. The second-order valence-electron chi connectivity index (χ2n) is 4.46. The van der Waals surface area contributed by atoms with Crippen molar-refractivity contribution >= 4 is 22.8 Å². The van der Waals surface area contributed by atoms with Crippen LogP contribution >= 0.6 is 11.3 Å². The molecule has 6 nitrogen and oxygen atoms in total. The quantitative estimate of drug-likeness (QED) is 0.491. The average molecular weight is 301 g/mol. The molecule has 0 aliphatic rings. The lowest BCUT2D eigenvalue weighted by molar-refractivity contribution is -0.385. The number of hydrogen-bond acceptors (Lipinski definition) is 6. The van der Waals surface area contributed by atoms with Gasteiger partial charge in [-0.25, -0.2) is 4.98 Å². The van der Waals surface area contributed by atoms with Crippen molar-refractivity contribution in [2.45, 2.75) is 19.8 Å². The highest BCUT2D eigenvalue weighted by Crippen LogP contribution is 2.28. The zero-order valence-electron chi connectivity index (χ0n) is 11.4. The number of benzene rings is 1. The molecule has 2 aromatic rings. The molecule has 0 saturated carbocycles. The van der Waals surface area contributed by atoms with Gasteiger partial charge in [0.25, 0.3) is 5.69 Å². The number of nitrogens with zero attached hydrogens (tertiary/aromatic N) is 3. The molecule has 1 aromatic heterocycles. The molecule has 0 aliphatic heterocycles. The van der Waals surface area contributed by atoms with Gasteiger partial charge in [-0.3, -0.25) is 14.9 Å². The molecule has 2 rings (SSSR count). The van der Waals surface area contributed by atoms with E-state index in [2.05, 4.69) is 4.98 Å². The summed E-state index contributed by atoms with van der Waals surface area (Å²) in [6.45, 7) is 3.28. The maximum atomic E-state index is 12.5. The van der Waals surface area contributed by atoms with Gasteiger partial charge in [0.05, 0.1) is 11.0 Å². The van der Waals surface area contributed by atoms with E-state index in [1.54, 1.807) is 12.3 Å². The number of nitriles is 1. The average Bonchev–Trinajstić information content (AvgIpc) is 2.85. The van der Waals surface area contributed by atoms with Gasteiger partial charge in [0.2, 0.25) is 0 Å². The number of rotatable bonds is 4. The Kier molecular flexibility index (Phi) is 4.10. The summed E-state index contributed by atoms with van der Waals surface area (Å²) in [5.41, 5.74) is 1.05. The molecular weight excluding hydrogens is 290 g/mol. The van der Waals surface area contributed by atoms with Crippen LogP contribution in [0.4, 0.5) is 5.69 Å². The van der Waals surface area contributed by atoms with Gasteiger partial charge < -0.3 is 0 Å². The van der Waals surface area contributed by atoms with Crippen LogP contribution in [0.5, 0.6) is 0 Å².